The van der Waals surface area contributed by atoms with Gasteiger partial charge in [0, 0.05) is 16.0 Å². The summed E-state index contributed by atoms with van der Waals surface area (Å²) >= 11 is 1.33. The second-order valence-electron chi connectivity index (χ2n) is 6.57. The monoisotopic (exact) mass is 422 g/mol. The van der Waals surface area contributed by atoms with Crippen molar-refractivity contribution in [2.24, 2.45) is 0 Å². The van der Waals surface area contributed by atoms with Gasteiger partial charge in [-0.25, -0.2) is 4.98 Å². The number of thiazole rings is 1. The third-order valence-corrected chi connectivity index (χ3v) is 5.26. The number of aryl methyl sites for hydroxylation is 1. The number of fused-ring (bicyclic) bond motifs is 1. The van der Waals surface area contributed by atoms with E-state index < -0.39 is 0 Å². The standard InChI is InChI=1S/C21H18N4O4S/c1-12-19(14-7-8-16-15(9-14)23-18(27)11-29-16)25-21(30-12)24-17(26)10-22-20(28)13-5-3-2-4-6-13/h2-9H,10-11H2,1H3,(H,22,28)(H,23,27)(H,24,25,26). The molecule has 2 heterocycles. The van der Waals surface area contributed by atoms with Crippen molar-refractivity contribution in [2.45, 2.75) is 6.92 Å². The van der Waals surface area contributed by atoms with Crippen LogP contribution in [-0.4, -0.2) is 35.9 Å². The molecule has 3 amide bonds. The van der Waals surface area contributed by atoms with Crippen LogP contribution < -0.4 is 20.7 Å². The molecule has 0 unspecified atom stereocenters. The number of rotatable bonds is 5. The summed E-state index contributed by atoms with van der Waals surface area (Å²) in [4.78, 5) is 41.2. The smallest absolute Gasteiger partial charge is 0.262 e. The normalized spacial score (nSPS) is 12.4. The molecule has 3 N–H and O–H groups in total. The van der Waals surface area contributed by atoms with Crippen LogP contribution in [0.2, 0.25) is 0 Å². The summed E-state index contributed by atoms with van der Waals surface area (Å²) in [5, 5.41) is 8.49. The molecule has 4 rings (SSSR count). The summed E-state index contributed by atoms with van der Waals surface area (Å²) in [6.45, 7) is 1.73. The Morgan fingerprint density at radius 2 is 2.00 bits per heavy atom. The molecule has 0 radical (unpaired) electrons. The molecular weight excluding hydrogens is 404 g/mol. The van der Waals surface area contributed by atoms with Crippen LogP contribution in [0, 0.1) is 6.92 Å². The summed E-state index contributed by atoms with van der Waals surface area (Å²) < 4.78 is 5.37. The number of aromatic nitrogens is 1. The Morgan fingerprint density at radius 3 is 2.80 bits per heavy atom. The number of ether oxygens (including phenoxy) is 1. The van der Waals surface area contributed by atoms with Crippen molar-refractivity contribution >= 4 is 39.9 Å². The zero-order valence-corrected chi connectivity index (χ0v) is 16.8. The van der Waals surface area contributed by atoms with Gasteiger partial charge in [0.2, 0.25) is 5.91 Å². The minimum absolute atomic E-state index is 0.000927. The Bertz CT molecular complexity index is 1130. The first-order valence-corrected chi connectivity index (χ1v) is 9.99. The summed E-state index contributed by atoms with van der Waals surface area (Å²) in [7, 11) is 0. The second kappa shape index (κ2) is 8.34. The fourth-order valence-electron chi connectivity index (χ4n) is 2.96. The first-order chi connectivity index (χ1) is 14.5. The van der Waals surface area contributed by atoms with Crippen LogP contribution in [0.1, 0.15) is 15.2 Å². The Kier molecular flexibility index (Phi) is 5.44. The lowest BCUT2D eigenvalue weighted by Crippen LogP contribution is -2.32. The first kappa shape index (κ1) is 19.6. The predicted octanol–water partition coefficient (Wildman–Crippen LogP) is 2.82. The van der Waals surface area contributed by atoms with Crippen LogP contribution >= 0.6 is 11.3 Å². The fraction of sp³-hybridized carbons (Fsp3) is 0.143. The van der Waals surface area contributed by atoms with E-state index in [2.05, 4.69) is 20.9 Å². The number of nitrogens with one attached hydrogen (secondary N) is 3. The summed E-state index contributed by atoms with van der Waals surface area (Å²) in [6, 6.07) is 14.1. The molecule has 0 spiro atoms. The summed E-state index contributed by atoms with van der Waals surface area (Å²) in [6.07, 6.45) is 0. The molecule has 0 bridgehead atoms. The van der Waals surface area contributed by atoms with Crippen molar-refractivity contribution in [1.29, 1.82) is 0 Å². The molecule has 0 fully saturated rings. The van der Waals surface area contributed by atoms with Crippen LogP contribution in [0.5, 0.6) is 5.75 Å². The van der Waals surface area contributed by atoms with Gasteiger partial charge >= 0.3 is 0 Å². The molecule has 30 heavy (non-hydrogen) atoms. The van der Waals surface area contributed by atoms with Gasteiger partial charge in [-0.15, -0.1) is 11.3 Å². The SMILES string of the molecule is Cc1sc(NC(=O)CNC(=O)c2ccccc2)nc1-c1ccc2c(c1)NC(=O)CO2. The minimum atomic E-state index is -0.370. The van der Waals surface area contributed by atoms with Crippen molar-refractivity contribution in [3.8, 4) is 17.0 Å². The quantitative estimate of drug-likeness (QED) is 0.586. The molecule has 9 heteroatoms. The molecule has 1 aromatic heterocycles. The molecule has 152 valence electrons. The Hall–Kier alpha value is -3.72. The second-order valence-corrected chi connectivity index (χ2v) is 7.77. The van der Waals surface area contributed by atoms with Crippen LogP contribution in [0.4, 0.5) is 10.8 Å². The van der Waals surface area contributed by atoms with E-state index in [1.807, 2.05) is 19.1 Å². The van der Waals surface area contributed by atoms with Gasteiger partial charge in [-0.3, -0.25) is 14.4 Å². The van der Waals surface area contributed by atoms with Gasteiger partial charge in [0.15, 0.2) is 11.7 Å². The number of hydrogen-bond donors (Lipinski definition) is 3. The average Bonchev–Trinajstić information content (AvgIpc) is 3.11. The Balaban J connectivity index is 1.42. The maximum Gasteiger partial charge on any atom is 0.262 e. The molecule has 0 aliphatic carbocycles. The molecule has 1 aliphatic rings. The highest BCUT2D eigenvalue weighted by Gasteiger charge is 2.19. The van der Waals surface area contributed by atoms with Gasteiger partial charge in [0.1, 0.15) is 5.75 Å². The van der Waals surface area contributed by atoms with Crippen LogP contribution in [-0.2, 0) is 9.59 Å². The van der Waals surface area contributed by atoms with Crippen LogP contribution in [0.3, 0.4) is 0 Å². The number of benzene rings is 2. The maximum absolute atomic E-state index is 12.2. The van der Waals surface area contributed by atoms with Crippen molar-refractivity contribution in [3.05, 3.63) is 59.0 Å². The lowest BCUT2D eigenvalue weighted by Gasteiger charge is -2.18. The minimum Gasteiger partial charge on any atom is -0.482 e. The highest BCUT2D eigenvalue weighted by atomic mass is 32.1. The molecule has 8 nitrogen and oxygen atoms in total. The highest BCUT2D eigenvalue weighted by Crippen LogP contribution is 2.36. The van der Waals surface area contributed by atoms with Gasteiger partial charge in [0.05, 0.1) is 17.9 Å². The van der Waals surface area contributed by atoms with Gasteiger partial charge in [0.25, 0.3) is 11.8 Å². The van der Waals surface area contributed by atoms with Crippen molar-refractivity contribution in [3.63, 3.8) is 0 Å². The number of anilines is 2. The zero-order valence-electron chi connectivity index (χ0n) is 16.0. The lowest BCUT2D eigenvalue weighted by atomic mass is 10.1. The first-order valence-electron chi connectivity index (χ1n) is 9.17. The largest absolute Gasteiger partial charge is 0.482 e. The zero-order chi connectivity index (χ0) is 21.1. The highest BCUT2D eigenvalue weighted by molar-refractivity contribution is 7.16. The number of amides is 3. The van der Waals surface area contributed by atoms with Crippen LogP contribution in [0.25, 0.3) is 11.3 Å². The number of carbonyl (C=O) groups excluding carboxylic acids is 3. The Morgan fingerprint density at radius 1 is 1.20 bits per heavy atom. The predicted molar refractivity (Wildman–Crippen MR) is 114 cm³/mol. The maximum atomic E-state index is 12.2. The van der Waals surface area contributed by atoms with Crippen LogP contribution in [0.15, 0.2) is 48.5 Å². The third-order valence-electron chi connectivity index (χ3n) is 4.37. The molecule has 0 saturated heterocycles. The molecule has 0 saturated carbocycles. The molecule has 2 aromatic carbocycles. The van der Waals surface area contributed by atoms with E-state index in [4.69, 9.17) is 4.74 Å². The van der Waals surface area contributed by atoms with E-state index in [1.165, 1.54) is 11.3 Å². The average molecular weight is 422 g/mol. The molecule has 0 atom stereocenters. The third kappa shape index (κ3) is 4.31. The number of carbonyl (C=O) groups is 3. The van der Waals surface area contributed by atoms with E-state index in [-0.39, 0.29) is 30.9 Å². The van der Waals surface area contributed by atoms with E-state index in [1.54, 1.807) is 36.4 Å². The number of hydrogen-bond acceptors (Lipinski definition) is 6. The molecule has 1 aliphatic heterocycles. The topological polar surface area (TPSA) is 109 Å². The summed E-state index contributed by atoms with van der Waals surface area (Å²) in [5.41, 5.74) is 2.57. The Labute approximate surface area is 176 Å². The molecule has 3 aromatic rings. The van der Waals surface area contributed by atoms with Gasteiger partial charge in [-0.1, -0.05) is 18.2 Å². The van der Waals surface area contributed by atoms with Gasteiger partial charge < -0.3 is 20.7 Å². The van der Waals surface area contributed by atoms with Crippen molar-refractivity contribution < 1.29 is 19.1 Å². The van der Waals surface area contributed by atoms with Crippen molar-refractivity contribution in [2.75, 3.05) is 23.8 Å². The lowest BCUT2D eigenvalue weighted by molar-refractivity contribution is -0.118. The van der Waals surface area contributed by atoms with E-state index in [0.717, 1.165) is 10.4 Å². The van der Waals surface area contributed by atoms with E-state index in [9.17, 15) is 14.4 Å². The summed E-state index contributed by atoms with van der Waals surface area (Å²) in [5.74, 6) is -0.292. The van der Waals surface area contributed by atoms with Gasteiger partial charge in [-0.2, -0.15) is 0 Å². The van der Waals surface area contributed by atoms with E-state index >= 15 is 0 Å². The fourth-order valence-corrected chi connectivity index (χ4v) is 3.82. The van der Waals surface area contributed by atoms with E-state index in [0.29, 0.717) is 27.8 Å². The van der Waals surface area contributed by atoms with Crippen molar-refractivity contribution in [1.82, 2.24) is 10.3 Å². The molecular formula is C21H18N4O4S. The number of nitrogens with zero attached hydrogens (tertiary/aromatic N) is 1. The van der Waals surface area contributed by atoms with Gasteiger partial charge in [-0.05, 0) is 37.3 Å².